The van der Waals surface area contributed by atoms with Gasteiger partial charge < -0.3 is 14.0 Å². The summed E-state index contributed by atoms with van der Waals surface area (Å²) in [6, 6.07) is 19.7. The van der Waals surface area contributed by atoms with Crippen LogP contribution in [0.4, 0.5) is 0 Å². The molecule has 1 atom stereocenters. The predicted octanol–water partition coefficient (Wildman–Crippen LogP) is 4.83. The van der Waals surface area contributed by atoms with Crippen LogP contribution in [0.1, 0.15) is 17.4 Å². The number of nitrogens with zero attached hydrogens (tertiary/aromatic N) is 2. The van der Waals surface area contributed by atoms with Crippen molar-refractivity contribution in [3.63, 3.8) is 0 Å². The lowest BCUT2D eigenvalue weighted by atomic mass is 9.96. The Morgan fingerprint density at radius 2 is 1.81 bits per heavy atom. The van der Waals surface area contributed by atoms with Gasteiger partial charge in [0.2, 0.25) is 0 Å². The number of benzene rings is 2. The van der Waals surface area contributed by atoms with Crippen LogP contribution in [0.3, 0.4) is 0 Å². The lowest BCUT2D eigenvalue weighted by Gasteiger charge is -2.16. The first kappa shape index (κ1) is 15.9. The van der Waals surface area contributed by atoms with Crippen LogP contribution in [0, 0.1) is 0 Å². The molecule has 1 aliphatic heterocycles. The molecule has 5 nitrogen and oxygen atoms in total. The second-order valence-corrected chi connectivity index (χ2v) is 6.50. The van der Waals surface area contributed by atoms with Gasteiger partial charge in [0, 0.05) is 18.0 Å². The summed E-state index contributed by atoms with van der Waals surface area (Å²) in [4.78, 5) is 11.2. The van der Waals surface area contributed by atoms with Gasteiger partial charge in [-0.2, -0.15) is 0 Å². The van der Waals surface area contributed by atoms with Crippen molar-refractivity contribution < 1.29 is 14.0 Å². The Kier molecular flexibility index (Phi) is 3.62. The Balaban J connectivity index is 1.80. The molecule has 0 bridgehead atoms. The monoisotopic (exact) mass is 358 g/mol. The zero-order valence-corrected chi connectivity index (χ0v) is 15.0. The van der Waals surface area contributed by atoms with E-state index in [4.69, 9.17) is 19.0 Å². The van der Waals surface area contributed by atoms with Crippen LogP contribution in [-0.2, 0) is 0 Å². The molecule has 0 saturated heterocycles. The Morgan fingerprint density at radius 3 is 2.56 bits per heavy atom. The molecule has 4 aromatic rings. The van der Waals surface area contributed by atoms with Crippen LogP contribution in [0.25, 0.3) is 22.2 Å². The van der Waals surface area contributed by atoms with Gasteiger partial charge in [-0.05, 0) is 48.5 Å². The van der Waals surface area contributed by atoms with Crippen molar-refractivity contribution in [3.05, 3.63) is 78.3 Å². The highest BCUT2D eigenvalue weighted by molar-refractivity contribution is 5.91. The molecule has 5 rings (SSSR count). The summed E-state index contributed by atoms with van der Waals surface area (Å²) < 4.78 is 11.0. The number of furan rings is 1. The molecule has 2 aromatic heterocycles. The lowest BCUT2D eigenvalue weighted by Crippen LogP contribution is -2.21. The van der Waals surface area contributed by atoms with Crippen LogP contribution in [0.5, 0.6) is 11.5 Å². The van der Waals surface area contributed by atoms with E-state index in [1.807, 2.05) is 72.8 Å². The second-order valence-electron chi connectivity index (χ2n) is 6.50. The third-order valence-corrected chi connectivity index (χ3v) is 4.93. The molecule has 1 aliphatic rings. The van der Waals surface area contributed by atoms with Gasteiger partial charge in [0.25, 0.3) is 0 Å². The van der Waals surface area contributed by atoms with E-state index in [-0.39, 0.29) is 6.04 Å². The summed E-state index contributed by atoms with van der Waals surface area (Å²) in [6.45, 7) is 0. The molecule has 2 aromatic carbocycles. The number of ether oxygens (including phenoxy) is 1. The van der Waals surface area contributed by atoms with Crippen LogP contribution in [0.15, 0.2) is 71.3 Å². The van der Waals surface area contributed by atoms with Crippen LogP contribution < -0.4 is 9.57 Å². The predicted molar refractivity (Wildman–Crippen MR) is 103 cm³/mol. The van der Waals surface area contributed by atoms with E-state index in [0.29, 0.717) is 0 Å². The summed E-state index contributed by atoms with van der Waals surface area (Å²) >= 11 is 0. The van der Waals surface area contributed by atoms with Gasteiger partial charge in [-0.25, -0.2) is 4.98 Å². The molecule has 1 unspecified atom stereocenters. The van der Waals surface area contributed by atoms with E-state index in [2.05, 4.69) is 0 Å². The van der Waals surface area contributed by atoms with Crippen LogP contribution in [0.2, 0.25) is 0 Å². The van der Waals surface area contributed by atoms with Crippen molar-refractivity contribution in [2.24, 2.45) is 0 Å². The Morgan fingerprint density at radius 1 is 1.00 bits per heavy atom. The van der Waals surface area contributed by atoms with Crippen molar-refractivity contribution in [3.8, 4) is 22.8 Å². The normalized spacial score (nSPS) is 16.3. The summed E-state index contributed by atoms with van der Waals surface area (Å²) in [5.74, 6) is 2.46. The van der Waals surface area contributed by atoms with Crippen LogP contribution in [-0.4, -0.2) is 24.2 Å². The maximum Gasteiger partial charge on any atom is 0.164 e. The first-order valence-corrected chi connectivity index (χ1v) is 8.77. The third kappa shape index (κ3) is 2.47. The largest absolute Gasteiger partial charge is 0.497 e. The maximum atomic E-state index is 6.17. The van der Waals surface area contributed by atoms with Crippen molar-refractivity contribution in [1.29, 1.82) is 0 Å². The third-order valence-electron chi connectivity index (χ3n) is 4.93. The fourth-order valence-electron chi connectivity index (χ4n) is 3.66. The molecule has 0 amide bonds. The smallest absolute Gasteiger partial charge is 0.164 e. The number of methoxy groups -OCH3 is 1. The molecule has 0 saturated carbocycles. The number of aromatic nitrogens is 1. The summed E-state index contributed by atoms with van der Waals surface area (Å²) in [5.41, 5.74) is 3.80. The number of hydroxylamine groups is 2. The highest BCUT2D eigenvalue weighted by atomic mass is 16.7. The van der Waals surface area contributed by atoms with Gasteiger partial charge in [0.1, 0.15) is 17.6 Å². The number of rotatable bonds is 3. The molecular weight excluding hydrogens is 340 g/mol. The minimum Gasteiger partial charge on any atom is -0.497 e. The van der Waals surface area contributed by atoms with E-state index in [0.717, 1.165) is 45.0 Å². The van der Waals surface area contributed by atoms with Gasteiger partial charge in [-0.1, -0.05) is 12.1 Å². The van der Waals surface area contributed by atoms with Crippen molar-refractivity contribution in [1.82, 2.24) is 10.0 Å². The van der Waals surface area contributed by atoms with Crippen molar-refractivity contribution >= 4 is 10.9 Å². The zero-order valence-electron chi connectivity index (χ0n) is 15.0. The van der Waals surface area contributed by atoms with E-state index in [9.17, 15) is 0 Å². The number of pyridine rings is 1. The number of para-hydroxylation sites is 1. The molecule has 0 N–H and O–H groups in total. The fraction of sp³-hybridized carbons (Fsp3) is 0.136. The molecular formula is C22H18N2O3. The average molecular weight is 358 g/mol. The molecule has 27 heavy (non-hydrogen) atoms. The van der Waals surface area contributed by atoms with Crippen LogP contribution >= 0.6 is 0 Å². The lowest BCUT2D eigenvalue weighted by molar-refractivity contribution is -0.0356. The zero-order chi connectivity index (χ0) is 18.4. The Bertz CT molecular complexity index is 1100. The second kappa shape index (κ2) is 6.14. The Labute approximate surface area is 156 Å². The minimum absolute atomic E-state index is 0.163. The van der Waals surface area contributed by atoms with Crippen molar-refractivity contribution in [2.45, 2.75) is 6.04 Å². The molecule has 134 valence electrons. The quantitative estimate of drug-likeness (QED) is 0.525. The molecule has 0 radical (unpaired) electrons. The SMILES string of the molecule is COc1ccc(-c2nc3ccccc3c3c2C(c2ccco2)N(C)O3)cc1. The number of hydrogen-bond donors (Lipinski definition) is 0. The minimum atomic E-state index is -0.163. The standard InChI is InChI=1S/C22H18N2O3/c1-24-21(18-8-5-13-26-18)19-20(14-9-11-15(25-2)12-10-14)23-17-7-4-3-6-16(17)22(19)27-24/h3-13,21H,1-2H3. The maximum absolute atomic E-state index is 6.17. The average Bonchev–Trinajstić information content (AvgIpc) is 3.34. The highest BCUT2D eigenvalue weighted by Gasteiger charge is 2.38. The summed E-state index contributed by atoms with van der Waals surface area (Å²) in [5, 5.41) is 2.82. The number of fused-ring (bicyclic) bond motifs is 3. The number of hydrogen-bond acceptors (Lipinski definition) is 5. The van der Waals surface area contributed by atoms with Gasteiger partial charge in [-0.3, -0.25) is 0 Å². The van der Waals surface area contributed by atoms with E-state index in [1.54, 1.807) is 13.4 Å². The van der Waals surface area contributed by atoms with E-state index >= 15 is 0 Å². The summed E-state index contributed by atoms with van der Waals surface area (Å²) in [7, 11) is 3.58. The van der Waals surface area contributed by atoms with E-state index in [1.165, 1.54) is 0 Å². The topological polar surface area (TPSA) is 47.7 Å². The van der Waals surface area contributed by atoms with E-state index < -0.39 is 0 Å². The van der Waals surface area contributed by atoms with Gasteiger partial charge >= 0.3 is 0 Å². The van der Waals surface area contributed by atoms with Crippen molar-refractivity contribution in [2.75, 3.05) is 14.2 Å². The van der Waals surface area contributed by atoms with Gasteiger partial charge in [-0.15, -0.1) is 5.06 Å². The molecule has 0 aliphatic carbocycles. The Hall–Kier alpha value is -3.31. The summed E-state index contributed by atoms with van der Waals surface area (Å²) in [6.07, 6.45) is 1.68. The molecule has 5 heteroatoms. The molecule has 0 spiro atoms. The fourth-order valence-corrected chi connectivity index (χ4v) is 3.66. The first-order chi connectivity index (χ1) is 13.3. The van der Waals surface area contributed by atoms with Gasteiger partial charge in [0.15, 0.2) is 5.75 Å². The first-order valence-electron chi connectivity index (χ1n) is 8.77. The van der Waals surface area contributed by atoms with Gasteiger partial charge in [0.05, 0.1) is 30.1 Å². The highest BCUT2D eigenvalue weighted by Crippen LogP contribution is 2.48. The molecule has 3 heterocycles. The molecule has 0 fully saturated rings.